The van der Waals surface area contributed by atoms with Gasteiger partial charge in [-0.15, -0.1) is 0 Å². The number of benzene rings is 3. The van der Waals surface area contributed by atoms with Crippen molar-refractivity contribution in [3.8, 4) is 0 Å². The molecule has 0 amide bonds. The van der Waals surface area contributed by atoms with E-state index in [1.165, 1.54) is 24.3 Å². The lowest BCUT2D eigenvalue weighted by atomic mass is 10.1. The average molecular weight is 484 g/mol. The van der Waals surface area contributed by atoms with Crippen LogP contribution in [0.25, 0.3) is 0 Å². The Balaban J connectivity index is 1.47. The highest BCUT2D eigenvalue weighted by Gasteiger charge is 2.23. The van der Waals surface area contributed by atoms with Gasteiger partial charge in [0.2, 0.25) is 0 Å². The molecular weight excluding hydrogens is 457 g/mol. The summed E-state index contributed by atoms with van der Waals surface area (Å²) in [5.41, 5.74) is 2.46. The van der Waals surface area contributed by atoms with Crippen LogP contribution in [0.4, 0.5) is 15.8 Å². The summed E-state index contributed by atoms with van der Waals surface area (Å²) in [5, 5.41) is 9.80. The number of nitrogens with one attached hydrogen (secondary N) is 1. The third-order valence-electron chi connectivity index (χ3n) is 5.79. The minimum atomic E-state index is -3.85. The smallest absolute Gasteiger partial charge is 0.337 e. The summed E-state index contributed by atoms with van der Waals surface area (Å²) < 4.78 is 41.4. The lowest BCUT2D eigenvalue weighted by Crippen LogP contribution is -2.46. The van der Waals surface area contributed by atoms with Gasteiger partial charge in [-0.05, 0) is 60.5 Å². The van der Waals surface area contributed by atoms with Crippen molar-refractivity contribution in [3.05, 3.63) is 89.2 Å². The molecule has 1 saturated heterocycles. The maximum atomic E-state index is 13.4. The van der Waals surface area contributed by atoms with Crippen molar-refractivity contribution in [1.82, 2.24) is 4.90 Å². The van der Waals surface area contributed by atoms with Gasteiger partial charge in [0.1, 0.15) is 5.82 Å². The summed E-state index contributed by atoms with van der Waals surface area (Å²) in [6.07, 6.45) is 0. The number of carbonyl (C=O) groups is 1. The number of rotatable bonds is 7. The van der Waals surface area contributed by atoms with Crippen molar-refractivity contribution in [2.45, 2.75) is 18.4 Å². The summed E-state index contributed by atoms with van der Waals surface area (Å²) in [5.74, 6) is -1.39. The first-order chi connectivity index (χ1) is 16.2. The van der Waals surface area contributed by atoms with E-state index >= 15 is 0 Å². The number of carboxylic acids is 1. The van der Waals surface area contributed by atoms with E-state index in [0.717, 1.165) is 11.1 Å². The summed E-state index contributed by atoms with van der Waals surface area (Å²) in [4.78, 5) is 16.3. The molecule has 0 spiro atoms. The summed E-state index contributed by atoms with van der Waals surface area (Å²) in [6, 6.07) is 17.6. The zero-order valence-electron chi connectivity index (χ0n) is 18.7. The molecule has 178 valence electrons. The van der Waals surface area contributed by atoms with E-state index in [4.69, 9.17) is 0 Å². The highest BCUT2D eigenvalue weighted by Crippen LogP contribution is 2.27. The molecule has 0 saturated carbocycles. The molecule has 9 heteroatoms. The van der Waals surface area contributed by atoms with Crippen LogP contribution in [0.2, 0.25) is 0 Å². The number of sulfonamides is 1. The van der Waals surface area contributed by atoms with Crippen molar-refractivity contribution < 1.29 is 22.7 Å². The zero-order valence-corrected chi connectivity index (χ0v) is 19.6. The highest BCUT2D eigenvalue weighted by atomic mass is 32.2. The van der Waals surface area contributed by atoms with Crippen LogP contribution in [0.15, 0.2) is 71.6 Å². The largest absolute Gasteiger partial charge is 0.478 e. The number of piperazine rings is 1. The van der Waals surface area contributed by atoms with E-state index < -0.39 is 16.0 Å². The Bertz CT molecular complexity index is 1310. The van der Waals surface area contributed by atoms with Crippen LogP contribution in [0.5, 0.6) is 0 Å². The van der Waals surface area contributed by atoms with Gasteiger partial charge in [-0.2, -0.15) is 0 Å². The maximum Gasteiger partial charge on any atom is 0.337 e. The lowest BCUT2D eigenvalue weighted by Gasteiger charge is -2.36. The summed E-state index contributed by atoms with van der Waals surface area (Å²) >= 11 is 0. The standard InChI is InChI=1S/C25H26FN3O4S/c1-18-4-2-7-22(14-18)34(32,33)27-21-8-9-24(23(16-21)25(30)31)29-12-10-28(11-13-29)17-19-5-3-6-20(26)15-19/h2-9,14-16,27H,10-13,17H2,1H3,(H,30,31). The second-order valence-corrected chi connectivity index (χ2v) is 10.0. The monoisotopic (exact) mass is 483 g/mol. The third-order valence-corrected chi connectivity index (χ3v) is 7.17. The molecule has 3 aromatic carbocycles. The molecule has 3 aromatic rings. The fourth-order valence-electron chi connectivity index (χ4n) is 4.08. The van der Waals surface area contributed by atoms with Crippen LogP contribution >= 0.6 is 0 Å². The van der Waals surface area contributed by atoms with E-state index in [-0.39, 0.29) is 22.0 Å². The molecule has 1 heterocycles. The second-order valence-electron chi connectivity index (χ2n) is 8.35. The number of nitrogens with zero attached hydrogens (tertiary/aromatic N) is 2. The van der Waals surface area contributed by atoms with Crippen LogP contribution < -0.4 is 9.62 Å². The van der Waals surface area contributed by atoms with Crippen molar-refractivity contribution in [3.63, 3.8) is 0 Å². The number of hydrogen-bond acceptors (Lipinski definition) is 5. The molecular formula is C25H26FN3O4S. The van der Waals surface area contributed by atoms with Gasteiger partial charge in [0.15, 0.2) is 0 Å². The van der Waals surface area contributed by atoms with Crippen LogP contribution in [0.3, 0.4) is 0 Å². The van der Waals surface area contributed by atoms with Gasteiger partial charge in [-0.3, -0.25) is 9.62 Å². The lowest BCUT2D eigenvalue weighted by molar-refractivity contribution is 0.0697. The van der Waals surface area contributed by atoms with Crippen molar-refractivity contribution in [1.29, 1.82) is 0 Å². The minimum absolute atomic E-state index is 0.0306. The van der Waals surface area contributed by atoms with Crippen LogP contribution in [-0.2, 0) is 16.6 Å². The molecule has 0 unspecified atom stereocenters. The fourth-order valence-corrected chi connectivity index (χ4v) is 5.24. The van der Waals surface area contributed by atoms with Gasteiger partial charge in [0, 0.05) is 38.4 Å². The summed E-state index contributed by atoms with van der Waals surface area (Å²) in [7, 11) is -3.85. The first kappa shape index (κ1) is 23.7. The Morgan fingerprint density at radius 3 is 2.41 bits per heavy atom. The molecule has 4 rings (SSSR count). The molecule has 0 aliphatic carbocycles. The maximum absolute atomic E-state index is 13.4. The average Bonchev–Trinajstić information content (AvgIpc) is 2.79. The normalized spacial score (nSPS) is 14.7. The van der Waals surface area contributed by atoms with E-state index in [2.05, 4.69) is 9.62 Å². The van der Waals surface area contributed by atoms with Crippen LogP contribution in [-0.4, -0.2) is 50.6 Å². The Morgan fingerprint density at radius 2 is 1.74 bits per heavy atom. The number of carboxylic acid groups (broad SMARTS) is 1. The number of aromatic carboxylic acids is 1. The molecule has 34 heavy (non-hydrogen) atoms. The van der Waals surface area contributed by atoms with E-state index in [0.29, 0.717) is 38.4 Å². The zero-order chi connectivity index (χ0) is 24.3. The number of halogens is 1. The molecule has 1 aliphatic rings. The first-order valence-corrected chi connectivity index (χ1v) is 12.4. The number of anilines is 2. The van der Waals surface area contributed by atoms with Gasteiger partial charge in [-0.25, -0.2) is 17.6 Å². The number of aryl methyl sites for hydroxylation is 1. The Hall–Kier alpha value is -3.43. The fraction of sp³-hybridized carbons (Fsp3) is 0.240. The van der Waals surface area contributed by atoms with E-state index in [1.807, 2.05) is 11.0 Å². The van der Waals surface area contributed by atoms with Gasteiger partial charge in [0.05, 0.1) is 16.1 Å². The number of hydrogen-bond donors (Lipinski definition) is 2. The van der Waals surface area contributed by atoms with E-state index in [9.17, 15) is 22.7 Å². The van der Waals surface area contributed by atoms with E-state index in [1.54, 1.807) is 43.3 Å². The third kappa shape index (κ3) is 5.55. The Kier molecular flexibility index (Phi) is 6.85. The predicted octanol–water partition coefficient (Wildman–Crippen LogP) is 3.96. The second kappa shape index (κ2) is 9.82. The minimum Gasteiger partial charge on any atom is -0.478 e. The topological polar surface area (TPSA) is 90.0 Å². The molecule has 0 atom stereocenters. The van der Waals surface area contributed by atoms with Crippen molar-refractivity contribution in [2.24, 2.45) is 0 Å². The molecule has 2 N–H and O–H groups in total. The molecule has 1 aliphatic heterocycles. The molecule has 7 nitrogen and oxygen atoms in total. The van der Waals surface area contributed by atoms with Gasteiger partial charge in [-0.1, -0.05) is 24.3 Å². The van der Waals surface area contributed by atoms with Gasteiger partial charge >= 0.3 is 5.97 Å². The van der Waals surface area contributed by atoms with Crippen molar-refractivity contribution in [2.75, 3.05) is 35.8 Å². The quantitative estimate of drug-likeness (QED) is 0.529. The predicted molar refractivity (Wildman–Crippen MR) is 129 cm³/mol. The Labute approximate surface area is 198 Å². The molecule has 0 bridgehead atoms. The van der Waals surface area contributed by atoms with Gasteiger partial charge in [0.25, 0.3) is 10.0 Å². The summed E-state index contributed by atoms with van der Waals surface area (Å²) in [6.45, 7) is 5.01. The first-order valence-electron chi connectivity index (χ1n) is 10.9. The van der Waals surface area contributed by atoms with Crippen LogP contribution in [0.1, 0.15) is 21.5 Å². The van der Waals surface area contributed by atoms with Crippen LogP contribution in [0, 0.1) is 12.7 Å². The molecule has 0 radical (unpaired) electrons. The SMILES string of the molecule is Cc1cccc(S(=O)(=O)Nc2ccc(N3CCN(Cc4cccc(F)c4)CC3)c(C(=O)O)c2)c1. The van der Waals surface area contributed by atoms with Gasteiger partial charge < -0.3 is 10.0 Å². The molecule has 1 fully saturated rings. The molecule has 0 aromatic heterocycles. The highest BCUT2D eigenvalue weighted by molar-refractivity contribution is 7.92. The Morgan fingerprint density at radius 1 is 1.00 bits per heavy atom. The van der Waals surface area contributed by atoms with Crippen molar-refractivity contribution >= 4 is 27.4 Å².